The van der Waals surface area contributed by atoms with Crippen molar-refractivity contribution in [2.75, 3.05) is 24.6 Å². The second kappa shape index (κ2) is 12.2. The molecule has 0 aliphatic carbocycles. The fourth-order valence-corrected chi connectivity index (χ4v) is 7.30. The molecule has 3 aromatic carbocycles. The Kier molecular flexibility index (Phi) is 7.71. The van der Waals surface area contributed by atoms with Crippen molar-refractivity contribution in [1.29, 1.82) is 0 Å². The molecule has 2 saturated heterocycles. The number of rotatable bonds is 8. The Labute approximate surface area is 276 Å². The van der Waals surface area contributed by atoms with Crippen molar-refractivity contribution in [2.24, 2.45) is 0 Å². The predicted molar refractivity (Wildman–Crippen MR) is 179 cm³/mol. The molecule has 2 bridgehead atoms. The second-order valence-corrected chi connectivity index (χ2v) is 13.0. The number of halogens is 2. The van der Waals surface area contributed by atoms with Crippen LogP contribution >= 0.6 is 0 Å². The summed E-state index contributed by atoms with van der Waals surface area (Å²) in [5.41, 5.74) is 1.91. The number of piperazine rings is 1. The zero-order valence-corrected chi connectivity index (χ0v) is 26.4. The largest absolute Gasteiger partial charge is 0.463 e. The summed E-state index contributed by atoms with van der Waals surface area (Å²) in [6.07, 6.45) is 11.6. The summed E-state index contributed by atoms with van der Waals surface area (Å²) >= 11 is -2.09. The maximum Gasteiger partial charge on any atom is 0.319 e. The first kappa shape index (κ1) is 30.3. The van der Waals surface area contributed by atoms with Crippen LogP contribution in [0.3, 0.4) is 0 Å². The normalized spacial score (nSPS) is 18.1. The van der Waals surface area contributed by atoms with E-state index in [9.17, 15) is 13.2 Å². The van der Waals surface area contributed by atoms with Crippen LogP contribution in [-0.4, -0.2) is 65.0 Å². The van der Waals surface area contributed by atoms with Crippen molar-refractivity contribution in [3.8, 4) is 29.6 Å². The lowest BCUT2D eigenvalue weighted by atomic mass is 9.96. The summed E-state index contributed by atoms with van der Waals surface area (Å²) in [6, 6.07) is 13.7. The topological polar surface area (TPSA) is 118 Å². The Hall–Kier alpha value is -5.03. The summed E-state index contributed by atoms with van der Waals surface area (Å²) in [6.45, 7) is 2.21. The zero-order valence-electron chi connectivity index (χ0n) is 25.6. The molecular weight excluding hydrogens is 636 g/mol. The first-order valence-electron chi connectivity index (χ1n) is 15.6. The Morgan fingerprint density at radius 2 is 1.92 bits per heavy atom. The van der Waals surface area contributed by atoms with E-state index in [0.29, 0.717) is 71.2 Å². The van der Waals surface area contributed by atoms with Gasteiger partial charge in [-0.2, -0.15) is 9.97 Å². The molecule has 3 unspecified atom stereocenters. The molecule has 0 radical (unpaired) electrons. The number of nitrogens with zero attached hydrogens (tertiary/aromatic N) is 6. The molecule has 3 aromatic heterocycles. The number of aryl methyl sites for hydroxylation is 1. The Bertz CT molecular complexity index is 2290. The highest BCUT2D eigenvalue weighted by Crippen LogP contribution is 2.37. The van der Waals surface area contributed by atoms with Gasteiger partial charge in [-0.1, -0.05) is 30.2 Å². The number of nitrogens with one attached hydrogen (secondary N) is 1. The minimum absolute atomic E-state index is 0.00588. The van der Waals surface area contributed by atoms with Crippen molar-refractivity contribution in [2.45, 2.75) is 42.8 Å². The number of imidazole rings is 1. The SMILES string of the molecule is C#Cc1c(F)ccc2cccc(-c3ncc4c(N5CC6CCC(C5)N6)nc(OCCCn5cnc6cc(S(=O)O)ccc65)nc4c3F)c12. The van der Waals surface area contributed by atoms with E-state index in [1.54, 1.807) is 55.0 Å². The van der Waals surface area contributed by atoms with E-state index in [1.165, 1.54) is 6.07 Å². The molecule has 48 heavy (non-hydrogen) atoms. The van der Waals surface area contributed by atoms with Gasteiger partial charge in [-0.15, -0.1) is 6.42 Å². The van der Waals surface area contributed by atoms with Crippen LogP contribution in [0.25, 0.3) is 44.0 Å². The standard InChI is InChI=1S/C35H29F2N7O3S/c1-2-24-27(36)11-7-20-5-3-6-25(30(20)24)32-31(37)33-26(16-38-32)34(44-17-21-8-9-22(18-44)40-21)42-35(41-33)47-14-4-13-43-19-39-28-15-23(48(45)46)10-12-29(28)43/h1,3,5-7,10-12,15-16,19,21-22,40H,4,8-9,13-14,17-18H2,(H,45,46). The molecule has 2 aliphatic heterocycles. The number of hydrogen-bond donors (Lipinski definition) is 2. The quantitative estimate of drug-likeness (QED) is 0.124. The number of hydrogen-bond acceptors (Lipinski definition) is 8. The fraction of sp³-hybridized carbons (Fsp3) is 0.257. The van der Waals surface area contributed by atoms with Crippen LogP contribution in [0.4, 0.5) is 14.6 Å². The van der Waals surface area contributed by atoms with Crippen LogP contribution in [-0.2, 0) is 17.6 Å². The summed E-state index contributed by atoms with van der Waals surface area (Å²) in [7, 11) is 0. The highest BCUT2D eigenvalue weighted by Gasteiger charge is 2.34. The molecule has 3 atom stereocenters. The van der Waals surface area contributed by atoms with Gasteiger partial charge in [-0.3, -0.25) is 4.98 Å². The van der Waals surface area contributed by atoms with Crippen molar-refractivity contribution in [1.82, 2.24) is 29.8 Å². The van der Waals surface area contributed by atoms with E-state index in [0.717, 1.165) is 18.4 Å². The van der Waals surface area contributed by atoms with Crippen LogP contribution in [0.5, 0.6) is 6.01 Å². The van der Waals surface area contributed by atoms with Crippen LogP contribution < -0.4 is 15.0 Å². The number of terminal acetylenes is 1. The maximum atomic E-state index is 16.7. The number of benzene rings is 3. The maximum absolute atomic E-state index is 16.7. The van der Waals surface area contributed by atoms with Gasteiger partial charge in [0.15, 0.2) is 16.9 Å². The Morgan fingerprint density at radius 1 is 1.08 bits per heavy atom. The number of pyridine rings is 1. The second-order valence-electron chi connectivity index (χ2n) is 12.1. The molecule has 0 spiro atoms. The highest BCUT2D eigenvalue weighted by atomic mass is 32.2. The van der Waals surface area contributed by atoms with E-state index in [2.05, 4.69) is 31.1 Å². The molecule has 8 rings (SSSR count). The number of aromatic nitrogens is 5. The van der Waals surface area contributed by atoms with Gasteiger partial charge in [0.2, 0.25) is 0 Å². The molecular formula is C35H29F2N7O3S. The molecule has 2 fully saturated rings. The minimum Gasteiger partial charge on any atom is -0.463 e. The molecule has 13 heteroatoms. The molecule has 5 heterocycles. The van der Waals surface area contributed by atoms with Gasteiger partial charge in [-0.25, -0.2) is 18.0 Å². The van der Waals surface area contributed by atoms with Gasteiger partial charge in [0.1, 0.15) is 22.8 Å². The van der Waals surface area contributed by atoms with Crippen molar-refractivity contribution >= 4 is 49.6 Å². The Balaban J connectivity index is 1.14. The summed E-state index contributed by atoms with van der Waals surface area (Å²) in [5, 5.41) is 5.15. The molecule has 10 nitrogen and oxygen atoms in total. The van der Waals surface area contributed by atoms with Crippen molar-refractivity contribution in [3.63, 3.8) is 0 Å². The molecule has 242 valence electrons. The molecule has 0 saturated carbocycles. The van der Waals surface area contributed by atoms with Crippen LogP contribution in [0.2, 0.25) is 0 Å². The van der Waals surface area contributed by atoms with E-state index in [-0.39, 0.29) is 34.3 Å². The molecule has 0 amide bonds. The lowest BCUT2D eigenvalue weighted by Crippen LogP contribution is -2.51. The summed E-state index contributed by atoms with van der Waals surface area (Å²) in [4.78, 5) is 20.6. The van der Waals surface area contributed by atoms with E-state index in [1.807, 2.05) is 4.57 Å². The van der Waals surface area contributed by atoms with Crippen LogP contribution in [0.1, 0.15) is 24.8 Å². The third-order valence-corrected chi connectivity index (χ3v) is 9.78. The van der Waals surface area contributed by atoms with Crippen molar-refractivity contribution < 1.29 is 22.3 Å². The minimum atomic E-state index is -2.09. The summed E-state index contributed by atoms with van der Waals surface area (Å²) in [5.74, 6) is 1.74. The predicted octanol–water partition coefficient (Wildman–Crippen LogP) is 5.44. The van der Waals surface area contributed by atoms with E-state index in [4.69, 9.17) is 16.1 Å². The average Bonchev–Trinajstić information content (AvgIpc) is 3.67. The molecule has 2 aliphatic rings. The number of ether oxygens (including phenoxy) is 1. The summed E-state index contributed by atoms with van der Waals surface area (Å²) < 4.78 is 60.3. The van der Waals surface area contributed by atoms with Gasteiger partial charge >= 0.3 is 6.01 Å². The lowest BCUT2D eigenvalue weighted by Gasteiger charge is -2.34. The van der Waals surface area contributed by atoms with Gasteiger partial charge in [0.25, 0.3) is 0 Å². The Morgan fingerprint density at radius 3 is 2.71 bits per heavy atom. The first-order valence-corrected chi connectivity index (χ1v) is 16.7. The van der Waals surface area contributed by atoms with Gasteiger partial charge in [0, 0.05) is 48.9 Å². The highest BCUT2D eigenvalue weighted by molar-refractivity contribution is 7.79. The average molecular weight is 666 g/mol. The zero-order chi connectivity index (χ0) is 32.9. The molecule has 6 aromatic rings. The fourth-order valence-electron chi connectivity index (χ4n) is 6.91. The van der Waals surface area contributed by atoms with E-state index >= 15 is 4.39 Å². The van der Waals surface area contributed by atoms with Crippen molar-refractivity contribution in [3.05, 3.63) is 78.3 Å². The van der Waals surface area contributed by atoms with Gasteiger partial charge < -0.3 is 24.1 Å². The smallest absolute Gasteiger partial charge is 0.319 e. The first-order chi connectivity index (χ1) is 23.4. The molecule has 2 N–H and O–H groups in total. The lowest BCUT2D eigenvalue weighted by molar-refractivity contribution is 0.280. The third kappa shape index (κ3) is 5.32. The monoisotopic (exact) mass is 665 g/mol. The third-order valence-electron chi connectivity index (χ3n) is 9.12. The van der Waals surface area contributed by atoms with Crippen LogP contribution in [0, 0.1) is 24.0 Å². The number of fused-ring (bicyclic) bond motifs is 5. The van der Waals surface area contributed by atoms with Crippen LogP contribution in [0.15, 0.2) is 66.0 Å². The number of anilines is 1. The van der Waals surface area contributed by atoms with Gasteiger partial charge in [0.05, 0.1) is 39.8 Å². The van der Waals surface area contributed by atoms with E-state index < -0.39 is 22.7 Å². The van der Waals surface area contributed by atoms with Gasteiger partial charge in [-0.05, 0) is 48.9 Å².